The summed E-state index contributed by atoms with van der Waals surface area (Å²) < 4.78 is 5.68. The second-order valence-electron chi connectivity index (χ2n) is 4.28. The minimum atomic E-state index is -0.106. The number of ether oxygens (including phenoxy) is 1. The van der Waals surface area contributed by atoms with Gasteiger partial charge in [-0.3, -0.25) is 0 Å². The Bertz CT molecular complexity index is 313. The Hall–Kier alpha value is -1.06. The predicted molar refractivity (Wildman–Crippen MR) is 65.7 cm³/mol. The van der Waals surface area contributed by atoms with E-state index in [9.17, 15) is 0 Å². The van der Waals surface area contributed by atoms with Gasteiger partial charge in [0.25, 0.3) is 0 Å². The monoisotopic (exact) mass is 223 g/mol. The van der Waals surface area contributed by atoms with Crippen molar-refractivity contribution in [3.8, 4) is 5.75 Å². The van der Waals surface area contributed by atoms with Gasteiger partial charge in [-0.05, 0) is 24.0 Å². The molecule has 3 nitrogen and oxygen atoms in total. The van der Waals surface area contributed by atoms with E-state index in [4.69, 9.17) is 15.6 Å². The first-order valence-electron chi connectivity index (χ1n) is 5.73. The maximum Gasteiger partial charge on any atom is 0.122 e. The zero-order valence-corrected chi connectivity index (χ0v) is 10.0. The lowest BCUT2D eigenvalue weighted by molar-refractivity contribution is 0.232. The second kappa shape index (κ2) is 6.51. The lowest BCUT2D eigenvalue weighted by Gasteiger charge is -2.16. The summed E-state index contributed by atoms with van der Waals surface area (Å²) in [5, 5.41) is 8.74. The van der Waals surface area contributed by atoms with E-state index in [0.717, 1.165) is 5.75 Å². The lowest BCUT2D eigenvalue weighted by atomic mass is 10.0. The number of benzene rings is 1. The summed E-state index contributed by atoms with van der Waals surface area (Å²) in [6, 6.07) is 7.89. The molecule has 0 fully saturated rings. The highest BCUT2D eigenvalue weighted by molar-refractivity contribution is 5.35. The average molecular weight is 223 g/mol. The van der Waals surface area contributed by atoms with Crippen molar-refractivity contribution in [2.45, 2.75) is 32.2 Å². The molecule has 0 heterocycles. The van der Waals surface area contributed by atoms with Crippen LogP contribution >= 0.6 is 0 Å². The minimum Gasteiger partial charge on any atom is -0.492 e. The number of rotatable bonds is 6. The van der Waals surface area contributed by atoms with Crippen molar-refractivity contribution in [2.75, 3.05) is 13.2 Å². The molecule has 0 bridgehead atoms. The van der Waals surface area contributed by atoms with Gasteiger partial charge in [-0.2, -0.15) is 0 Å². The number of para-hydroxylation sites is 1. The van der Waals surface area contributed by atoms with Crippen molar-refractivity contribution >= 4 is 0 Å². The van der Waals surface area contributed by atoms with Crippen LogP contribution in [-0.2, 0) is 0 Å². The lowest BCUT2D eigenvalue weighted by Crippen LogP contribution is -2.29. The SMILES string of the molecule is CC(C)c1ccccc1OCC(N)CCO. The van der Waals surface area contributed by atoms with Crippen molar-refractivity contribution < 1.29 is 9.84 Å². The number of hydrogen-bond donors (Lipinski definition) is 2. The number of hydrogen-bond acceptors (Lipinski definition) is 3. The molecule has 0 radical (unpaired) electrons. The summed E-state index contributed by atoms with van der Waals surface area (Å²) in [4.78, 5) is 0. The quantitative estimate of drug-likeness (QED) is 0.774. The molecule has 1 rings (SSSR count). The molecule has 1 atom stereocenters. The molecule has 90 valence electrons. The van der Waals surface area contributed by atoms with Crippen LogP contribution in [0.4, 0.5) is 0 Å². The zero-order chi connectivity index (χ0) is 12.0. The van der Waals surface area contributed by atoms with Gasteiger partial charge in [0.15, 0.2) is 0 Å². The van der Waals surface area contributed by atoms with Crippen molar-refractivity contribution in [3.05, 3.63) is 29.8 Å². The molecule has 1 aromatic carbocycles. The first kappa shape index (κ1) is 13.0. The highest BCUT2D eigenvalue weighted by Gasteiger charge is 2.08. The zero-order valence-electron chi connectivity index (χ0n) is 10.0. The van der Waals surface area contributed by atoms with E-state index in [-0.39, 0.29) is 12.6 Å². The topological polar surface area (TPSA) is 55.5 Å². The highest BCUT2D eigenvalue weighted by Crippen LogP contribution is 2.25. The molecule has 1 unspecified atom stereocenters. The summed E-state index contributed by atoms with van der Waals surface area (Å²) in [5.74, 6) is 1.33. The van der Waals surface area contributed by atoms with E-state index in [2.05, 4.69) is 19.9 Å². The Balaban J connectivity index is 2.59. The third-order valence-electron chi connectivity index (χ3n) is 2.49. The van der Waals surface area contributed by atoms with E-state index in [1.165, 1.54) is 5.56 Å². The Labute approximate surface area is 97.2 Å². The molecule has 0 saturated carbocycles. The van der Waals surface area contributed by atoms with Gasteiger partial charge in [-0.1, -0.05) is 32.0 Å². The van der Waals surface area contributed by atoms with Gasteiger partial charge in [0.1, 0.15) is 12.4 Å². The van der Waals surface area contributed by atoms with Crippen LogP contribution in [0.25, 0.3) is 0 Å². The Morgan fingerprint density at radius 1 is 1.31 bits per heavy atom. The molecule has 3 heteroatoms. The van der Waals surface area contributed by atoms with Crippen LogP contribution in [0.5, 0.6) is 5.75 Å². The van der Waals surface area contributed by atoms with Gasteiger partial charge in [0.2, 0.25) is 0 Å². The molecule has 0 aliphatic rings. The van der Waals surface area contributed by atoms with Crippen LogP contribution in [0, 0.1) is 0 Å². The fourth-order valence-electron chi connectivity index (χ4n) is 1.53. The normalized spacial score (nSPS) is 12.8. The Morgan fingerprint density at radius 3 is 2.62 bits per heavy atom. The average Bonchev–Trinajstić information content (AvgIpc) is 2.27. The Kier molecular flexibility index (Phi) is 5.29. The van der Waals surface area contributed by atoms with Crippen LogP contribution in [0.3, 0.4) is 0 Å². The van der Waals surface area contributed by atoms with Crippen molar-refractivity contribution in [1.29, 1.82) is 0 Å². The molecule has 0 aliphatic heterocycles. The molecule has 0 saturated heterocycles. The van der Waals surface area contributed by atoms with Crippen molar-refractivity contribution in [1.82, 2.24) is 0 Å². The molecule has 1 aromatic rings. The van der Waals surface area contributed by atoms with Crippen LogP contribution < -0.4 is 10.5 Å². The van der Waals surface area contributed by atoms with Crippen LogP contribution in [0.1, 0.15) is 31.7 Å². The Morgan fingerprint density at radius 2 is 2.00 bits per heavy atom. The standard InChI is InChI=1S/C13H21NO2/c1-10(2)12-5-3-4-6-13(12)16-9-11(14)7-8-15/h3-6,10-11,15H,7-9,14H2,1-2H3. The summed E-state index contributed by atoms with van der Waals surface area (Å²) >= 11 is 0. The van der Waals surface area contributed by atoms with E-state index in [1.54, 1.807) is 0 Å². The minimum absolute atomic E-state index is 0.106. The molecule has 16 heavy (non-hydrogen) atoms. The largest absolute Gasteiger partial charge is 0.492 e. The predicted octanol–water partition coefficient (Wildman–Crippen LogP) is 1.90. The van der Waals surface area contributed by atoms with E-state index in [0.29, 0.717) is 18.9 Å². The van der Waals surface area contributed by atoms with Gasteiger partial charge in [-0.15, -0.1) is 0 Å². The van der Waals surface area contributed by atoms with E-state index < -0.39 is 0 Å². The fraction of sp³-hybridized carbons (Fsp3) is 0.538. The third-order valence-corrected chi connectivity index (χ3v) is 2.49. The van der Waals surface area contributed by atoms with Gasteiger partial charge >= 0.3 is 0 Å². The smallest absolute Gasteiger partial charge is 0.122 e. The van der Waals surface area contributed by atoms with Gasteiger partial charge < -0.3 is 15.6 Å². The maximum absolute atomic E-state index is 8.74. The molecule has 0 aromatic heterocycles. The summed E-state index contributed by atoms with van der Waals surface area (Å²) in [6.45, 7) is 4.83. The number of aliphatic hydroxyl groups is 1. The molecule has 0 aliphatic carbocycles. The van der Waals surface area contributed by atoms with E-state index >= 15 is 0 Å². The first-order valence-corrected chi connectivity index (χ1v) is 5.73. The molecular weight excluding hydrogens is 202 g/mol. The van der Waals surface area contributed by atoms with Crippen molar-refractivity contribution in [3.63, 3.8) is 0 Å². The van der Waals surface area contributed by atoms with Gasteiger partial charge in [0, 0.05) is 12.6 Å². The summed E-state index contributed by atoms with van der Waals surface area (Å²) in [6.07, 6.45) is 0.573. The van der Waals surface area contributed by atoms with Gasteiger partial charge in [0.05, 0.1) is 0 Å². The van der Waals surface area contributed by atoms with Crippen LogP contribution in [0.2, 0.25) is 0 Å². The van der Waals surface area contributed by atoms with E-state index in [1.807, 2.05) is 18.2 Å². The molecule has 0 spiro atoms. The fourth-order valence-corrected chi connectivity index (χ4v) is 1.53. The van der Waals surface area contributed by atoms with Crippen LogP contribution in [-0.4, -0.2) is 24.4 Å². The molecule has 0 amide bonds. The summed E-state index contributed by atoms with van der Waals surface area (Å²) in [7, 11) is 0. The first-order chi connectivity index (χ1) is 7.65. The highest BCUT2D eigenvalue weighted by atomic mass is 16.5. The maximum atomic E-state index is 8.74. The van der Waals surface area contributed by atoms with Crippen LogP contribution in [0.15, 0.2) is 24.3 Å². The van der Waals surface area contributed by atoms with Crippen molar-refractivity contribution in [2.24, 2.45) is 5.73 Å². The number of aliphatic hydroxyl groups excluding tert-OH is 1. The third kappa shape index (κ3) is 3.83. The molecule has 3 N–H and O–H groups in total. The second-order valence-corrected chi connectivity index (χ2v) is 4.28. The number of nitrogens with two attached hydrogens (primary N) is 1. The van der Waals surface area contributed by atoms with Gasteiger partial charge in [-0.25, -0.2) is 0 Å². The molecular formula is C13H21NO2. The summed E-state index contributed by atoms with van der Waals surface area (Å²) in [5.41, 5.74) is 6.97.